The second kappa shape index (κ2) is 12.5. The van der Waals surface area contributed by atoms with E-state index in [2.05, 4.69) is 20.4 Å². The Morgan fingerprint density at radius 3 is 2.42 bits per heavy atom. The number of esters is 1. The molecule has 7 heteroatoms. The van der Waals surface area contributed by atoms with Crippen LogP contribution >= 0.6 is 24.0 Å². The number of nitrogens with zero attached hydrogens (tertiary/aromatic N) is 1. The monoisotopic (exact) mass is 387 g/mol. The van der Waals surface area contributed by atoms with Gasteiger partial charge in [0.1, 0.15) is 0 Å². The molecular formula is C12H26IN3O3. The summed E-state index contributed by atoms with van der Waals surface area (Å²) in [5.74, 6) is 0.181. The van der Waals surface area contributed by atoms with E-state index in [9.17, 15) is 4.79 Å². The van der Waals surface area contributed by atoms with Gasteiger partial charge in [-0.2, -0.15) is 0 Å². The number of ether oxygens (including phenoxy) is 2. The van der Waals surface area contributed by atoms with Crippen LogP contribution in [0.4, 0.5) is 0 Å². The lowest BCUT2D eigenvalue weighted by Crippen LogP contribution is -2.44. The van der Waals surface area contributed by atoms with Gasteiger partial charge < -0.3 is 20.1 Å². The van der Waals surface area contributed by atoms with Gasteiger partial charge >= 0.3 is 5.97 Å². The molecule has 0 saturated carbocycles. The first-order chi connectivity index (χ1) is 8.54. The molecule has 0 bridgehead atoms. The van der Waals surface area contributed by atoms with Gasteiger partial charge in [-0.3, -0.25) is 9.79 Å². The minimum absolute atomic E-state index is 0. The third-order valence-corrected chi connectivity index (χ3v) is 2.27. The highest BCUT2D eigenvalue weighted by molar-refractivity contribution is 14.0. The van der Waals surface area contributed by atoms with E-state index in [1.807, 2.05) is 13.8 Å². The fraction of sp³-hybridized carbons (Fsp3) is 0.833. The average Bonchev–Trinajstić information content (AvgIpc) is 2.35. The Kier molecular flexibility index (Phi) is 13.6. The molecule has 114 valence electrons. The molecule has 0 rings (SSSR count). The van der Waals surface area contributed by atoms with Crippen molar-refractivity contribution >= 4 is 35.9 Å². The van der Waals surface area contributed by atoms with Crippen LogP contribution in [0.2, 0.25) is 0 Å². The first kappa shape index (κ1) is 20.7. The van der Waals surface area contributed by atoms with Gasteiger partial charge in [0.25, 0.3) is 0 Å². The molecule has 0 aliphatic carbocycles. The van der Waals surface area contributed by atoms with E-state index in [0.717, 1.165) is 6.54 Å². The Bertz CT molecular complexity index is 275. The highest BCUT2D eigenvalue weighted by Crippen LogP contribution is 1.98. The van der Waals surface area contributed by atoms with Crippen LogP contribution in [0.5, 0.6) is 0 Å². The zero-order valence-electron chi connectivity index (χ0n) is 12.4. The number of aliphatic imine (C=N–C) groups is 1. The van der Waals surface area contributed by atoms with Gasteiger partial charge in [0.15, 0.2) is 5.96 Å². The van der Waals surface area contributed by atoms with Crippen molar-refractivity contribution < 1.29 is 14.3 Å². The minimum Gasteiger partial charge on any atom is -0.469 e. The lowest BCUT2D eigenvalue weighted by molar-refractivity contribution is -0.144. The van der Waals surface area contributed by atoms with Crippen LogP contribution < -0.4 is 10.6 Å². The summed E-state index contributed by atoms with van der Waals surface area (Å²) in [5, 5.41) is 6.31. The van der Waals surface area contributed by atoms with E-state index < -0.39 is 0 Å². The topological polar surface area (TPSA) is 72.0 Å². The molecular weight excluding hydrogens is 361 g/mol. The smallest absolute Gasteiger partial charge is 0.310 e. The fourth-order valence-corrected chi connectivity index (χ4v) is 1.35. The fourth-order valence-electron chi connectivity index (χ4n) is 1.35. The number of carbonyl (C=O) groups excluding carboxylic acids is 1. The minimum atomic E-state index is -0.250. The zero-order chi connectivity index (χ0) is 14.0. The maximum atomic E-state index is 11.3. The Morgan fingerprint density at radius 1 is 1.32 bits per heavy atom. The summed E-state index contributed by atoms with van der Waals surface area (Å²) in [7, 11) is 3.04. The molecule has 6 nitrogen and oxygen atoms in total. The van der Waals surface area contributed by atoms with Gasteiger partial charge in [-0.25, -0.2) is 0 Å². The van der Waals surface area contributed by atoms with E-state index in [1.165, 1.54) is 7.11 Å². The van der Waals surface area contributed by atoms with Crippen molar-refractivity contribution in [3.8, 4) is 0 Å². The molecule has 0 radical (unpaired) electrons. The molecule has 0 amide bonds. The Hall–Kier alpha value is -0.570. The highest BCUT2D eigenvalue weighted by Gasteiger charge is 2.13. The Balaban J connectivity index is 0. The van der Waals surface area contributed by atoms with Gasteiger partial charge in [0.05, 0.1) is 26.2 Å². The molecule has 0 aromatic heterocycles. The number of rotatable bonds is 7. The second-order valence-electron chi connectivity index (χ2n) is 4.14. The Morgan fingerprint density at radius 2 is 1.95 bits per heavy atom. The normalized spacial score (nSPS) is 14.1. The SMILES string of the molecule is CCNC(=NCC(C)C(=O)OC)NC(C)COC.I. The number of guanidine groups is 1. The van der Waals surface area contributed by atoms with Crippen molar-refractivity contribution in [2.45, 2.75) is 26.8 Å². The zero-order valence-corrected chi connectivity index (χ0v) is 14.7. The van der Waals surface area contributed by atoms with E-state index in [-0.39, 0.29) is 41.9 Å². The molecule has 0 heterocycles. The van der Waals surface area contributed by atoms with Gasteiger partial charge in [-0.15, -0.1) is 24.0 Å². The number of carbonyl (C=O) groups is 1. The predicted molar refractivity (Wildman–Crippen MR) is 87.0 cm³/mol. The summed E-state index contributed by atoms with van der Waals surface area (Å²) in [6.45, 7) is 7.52. The van der Waals surface area contributed by atoms with Gasteiger partial charge in [0, 0.05) is 19.7 Å². The summed E-state index contributed by atoms with van der Waals surface area (Å²) in [5.41, 5.74) is 0. The van der Waals surface area contributed by atoms with Crippen molar-refractivity contribution in [3.63, 3.8) is 0 Å². The van der Waals surface area contributed by atoms with Gasteiger partial charge in [0.2, 0.25) is 0 Å². The molecule has 2 unspecified atom stereocenters. The van der Waals surface area contributed by atoms with Crippen LogP contribution in [0.3, 0.4) is 0 Å². The number of nitrogens with one attached hydrogen (secondary N) is 2. The quantitative estimate of drug-likeness (QED) is 0.295. The van der Waals surface area contributed by atoms with Crippen molar-refractivity contribution in [2.24, 2.45) is 10.9 Å². The van der Waals surface area contributed by atoms with E-state index in [0.29, 0.717) is 19.1 Å². The van der Waals surface area contributed by atoms with Crippen molar-refractivity contribution in [1.82, 2.24) is 10.6 Å². The predicted octanol–water partition coefficient (Wildman–Crippen LogP) is 1.00. The van der Waals surface area contributed by atoms with Crippen LogP contribution in [0.25, 0.3) is 0 Å². The average molecular weight is 387 g/mol. The molecule has 2 atom stereocenters. The number of hydrogen-bond donors (Lipinski definition) is 2. The van der Waals surface area contributed by atoms with Gasteiger partial charge in [-0.1, -0.05) is 6.92 Å². The molecule has 19 heavy (non-hydrogen) atoms. The number of halogens is 1. The molecule has 0 aliphatic rings. The second-order valence-corrected chi connectivity index (χ2v) is 4.14. The van der Waals surface area contributed by atoms with E-state index >= 15 is 0 Å². The third kappa shape index (κ3) is 9.94. The standard InChI is InChI=1S/C12H25N3O3.HI/c1-6-13-12(15-10(3)8-17-4)14-7-9(2)11(16)18-5;/h9-10H,6-8H2,1-5H3,(H2,13,14,15);1H. The maximum absolute atomic E-state index is 11.3. The van der Waals surface area contributed by atoms with Crippen LogP contribution in [-0.2, 0) is 14.3 Å². The molecule has 0 aromatic carbocycles. The summed E-state index contributed by atoms with van der Waals surface area (Å²) < 4.78 is 9.70. The van der Waals surface area contributed by atoms with Crippen LogP contribution in [0, 0.1) is 5.92 Å². The molecule has 2 N–H and O–H groups in total. The van der Waals surface area contributed by atoms with Gasteiger partial charge in [-0.05, 0) is 13.8 Å². The summed E-state index contributed by atoms with van der Waals surface area (Å²) >= 11 is 0. The Labute approximate surface area is 132 Å². The summed E-state index contributed by atoms with van der Waals surface area (Å²) in [6, 6.07) is 0.154. The van der Waals surface area contributed by atoms with E-state index in [1.54, 1.807) is 14.0 Å². The first-order valence-corrected chi connectivity index (χ1v) is 6.16. The molecule has 0 saturated heterocycles. The summed E-state index contributed by atoms with van der Waals surface area (Å²) in [6.07, 6.45) is 0. The first-order valence-electron chi connectivity index (χ1n) is 6.16. The highest BCUT2D eigenvalue weighted by atomic mass is 127. The van der Waals surface area contributed by atoms with Crippen LogP contribution in [0.15, 0.2) is 4.99 Å². The van der Waals surface area contributed by atoms with E-state index in [4.69, 9.17) is 4.74 Å². The number of hydrogen-bond acceptors (Lipinski definition) is 4. The maximum Gasteiger partial charge on any atom is 0.310 e. The van der Waals surface area contributed by atoms with Crippen molar-refractivity contribution in [2.75, 3.05) is 33.9 Å². The lowest BCUT2D eigenvalue weighted by Gasteiger charge is -2.17. The molecule has 0 spiro atoms. The van der Waals surface area contributed by atoms with Crippen LogP contribution in [-0.4, -0.2) is 51.9 Å². The number of methoxy groups -OCH3 is 2. The molecule has 0 fully saturated rings. The third-order valence-electron chi connectivity index (χ3n) is 2.27. The summed E-state index contributed by atoms with van der Waals surface area (Å²) in [4.78, 5) is 15.6. The van der Waals surface area contributed by atoms with Crippen LogP contribution in [0.1, 0.15) is 20.8 Å². The van der Waals surface area contributed by atoms with Crippen molar-refractivity contribution in [3.05, 3.63) is 0 Å². The largest absolute Gasteiger partial charge is 0.469 e. The van der Waals surface area contributed by atoms with Crippen molar-refractivity contribution in [1.29, 1.82) is 0 Å². The molecule has 0 aromatic rings. The lowest BCUT2D eigenvalue weighted by atomic mass is 10.2. The molecule has 0 aliphatic heterocycles.